The lowest BCUT2D eigenvalue weighted by Gasteiger charge is -2.56. The fourth-order valence-corrected chi connectivity index (χ4v) is 5.07. The average molecular weight is 282 g/mol. The van der Waals surface area contributed by atoms with E-state index in [2.05, 4.69) is 10.6 Å². The number of hydrogen-bond donors (Lipinski definition) is 3. The van der Waals surface area contributed by atoms with Gasteiger partial charge in [-0.3, -0.25) is 0 Å². The van der Waals surface area contributed by atoms with Crippen molar-refractivity contribution in [3.63, 3.8) is 0 Å². The number of ether oxygens (including phenoxy) is 1. The van der Waals surface area contributed by atoms with Crippen LogP contribution in [0.25, 0.3) is 0 Å². The van der Waals surface area contributed by atoms with Crippen LogP contribution >= 0.6 is 0 Å². The van der Waals surface area contributed by atoms with Crippen molar-refractivity contribution >= 4 is 6.03 Å². The number of aliphatic hydroxyl groups is 1. The molecule has 3 N–H and O–H groups in total. The highest BCUT2D eigenvalue weighted by atomic mass is 16.5. The second kappa shape index (κ2) is 5.53. The zero-order valence-corrected chi connectivity index (χ0v) is 12.2. The van der Waals surface area contributed by atoms with Crippen LogP contribution in [0.1, 0.15) is 38.5 Å². The normalized spacial score (nSPS) is 39.6. The largest absolute Gasteiger partial charge is 0.394 e. The van der Waals surface area contributed by atoms with Gasteiger partial charge in [-0.25, -0.2) is 4.79 Å². The Bertz CT molecular complexity index is 337. The Hall–Kier alpha value is -0.810. The molecule has 0 aromatic rings. The number of carbonyl (C=O) groups is 1. The maximum atomic E-state index is 12.2. The standard InChI is InChI=1S/C15H26N2O3/c1-20-9-13(8-18)16-14(19)17-15-5-10-2-11(6-15)4-12(3-10)7-15/h10-13,18H,2-9H2,1H3,(H2,16,17,19). The van der Waals surface area contributed by atoms with E-state index in [1.807, 2.05) is 0 Å². The molecule has 0 radical (unpaired) electrons. The monoisotopic (exact) mass is 282 g/mol. The Balaban J connectivity index is 1.58. The van der Waals surface area contributed by atoms with Crippen LogP contribution in [-0.2, 0) is 4.74 Å². The third kappa shape index (κ3) is 2.79. The predicted octanol–water partition coefficient (Wildman–Crippen LogP) is 1.26. The van der Waals surface area contributed by atoms with E-state index < -0.39 is 0 Å². The van der Waals surface area contributed by atoms with Gasteiger partial charge in [0, 0.05) is 12.6 Å². The highest BCUT2D eigenvalue weighted by Crippen LogP contribution is 2.55. The zero-order valence-electron chi connectivity index (χ0n) is 12.2. The van der Waals surface area contributed by atoms with Gasteiger partial charge in [-0.15, -0.1) is 0 Å². The lowest BCUT2D eigenvalue weighted by atomic mass is 9.53. The first kappa shape index (κ1) is 14.1. The summed E-state index contributed by atoms with van der Waals surface area (Å²) in [6, 6.07) is -0.475. The summed E-state index contributed by atoms with van der Waals surface area (Å²) in [6.45, 7) is 0.243. The van der Waals surface area contributed by atoms with Crippen molar-refractivity contribution in [1.82, 2.24) is 10.6 Å². The Kier molecular flexibility index (Phi) is 3.91. The van der Waals surface area contributed by atoms with Crippen molar-refractivity contribution < 1.29 is 14.6 Å². The molecule has 0 aliphatic heterocycles. The van der Waals surface area contributed by atoms with Gasteiger partial charge in [0.2, 0.25) is 0 Å². The van der Waals surface area contributed by atoms with Gasteiger partial charge >= 0.3 is 6.03 Å². The number of methoxy groups -OCH3 is 1. The molecule has 0 aromatic carbocycles. The van der Waals surface area contributed by atoms with Gasteiger partial charge < -0.3 is 20.5 Å². The van der Waals surface area contributed by atoms with Crippen molar-refractivity contribution in [2.75, 3.05) is 20.3 Å². The van der Waals surface area contributed by atoms with E-state index in [0.29, 0.717) is 6.61 Å². The van der Waals surface area contributed by atoms with Gasteiger partial charge in [0.05, 0.1) is 19.3 Å². The van der Waals surface area contributed by atoms with Gasteiger partial charge in [0.1, 0.15) is 0 Å². The third-order valence-corrected chi connectivity index (χ3v) is 5.34. The molecule has 1 unspecified atom stereocenters. The summed E-state index contributed by atoms with van der Waals surface area (Å²) < 4.78 is 4.99. The molecule has 4 bridgehead atoms. The van der Waals surface area contributed by atoms with Crippen LogP contribution in [0.5, 0.6) is 0 Å². The molecular weight excluding hydrogens is 256 g/mol. The van der Waals surface area contributed by atoms with Crippen LogP contribution in [0.4, 0.5) is 4.79 Å². The summed E-state index contributed by atoms with van der Waals surface area (Å²) in [6.07, 6.45) is 7.52. The average Bonchev–Trinajstić information content (AvgIpc) is 2.35. The molecule has 4 aliphatic rings. The zero-order chi connectivity index (χ0) is 14.2. The van der Waals surface area contributed by atoms with E-state index in [1.165, 1.54) is 19.3 Å². The fraction of sp³-hybridized carbons (Fsp3) is 0.933. The second-order valence-electron chi connectivity index (χ2n) is 7.13. The summed E-state index contributed by atoms with van der Waals surface area (Å²) in [7, 11) is 1.57. The van der Waals surface area contributed by atoms with E-state index >= 15 is 0 Å². The molecule has 5 nitrogen and oxygen atoms in total. The highest BCUT2D eigenvalue weighted by molar-refractivity contribution is 5.75. The van der Waals surface area contributed by atoms with Crippen LogP contribution in [0.2, 0.25) is 0 Å². The number of aliphatic hydroxyl groups excluding tert-OH is 1. The Morgan fingerprint density at radius 2 is 1.80 bits per heavy atom. The summed E-state index contributed by atoms with van der Waals surface area (Å²) in [5, 5.41) is 15.3. The molecule has 20 heavy (non-hydrogen) atoms. The molecule has 4 rings (SSSR count). The molecule has 1 atom stereocenters. The topological polar surface area (TPSA) is 70.6 Å². The molecule has 2 amide bonds. The third-order valence-electron chi connectivity index (χ3n) is 5.34. The van der Waals surface area contributed by atoms with Crippen molar-refractivity contribution in [3.05, 3.63) is 0 Å². The number of amides is 2. The molecule has 0 aromatic heterocycles. The number of nitrogens with one attached hydrogen (secondary N) is 2. The second-order valence-corrected chi connectivity index (χ2v) is 7.13. The molecule has 0 heterocycles. The summed E-state index contributed by atoms with van der Waals surface area (Å²) >= 11 is 0. The summed E-state index contributed by atoms with van der Waals surface area (Å²) in [4.78, 5) is 12.2. The first-order valence-electron chi connectivity index (χ1n) is 7.81. The lowest BCUT2D eigenvalue weighted by molar-refractivity contribution is -0.0139. The molecule has 0 spiro atoms. The van der Waals surface area contributed by atoms with Crippen LogP contribution < -0.4 is 10.6 Å². The minimum Gasteiger partial charge on any atom is -0.394 e. The maximum Gasteiger partial charge on any atom is 0.315 e. The number of carbonyl (C=O) groups excluding carboxylic acids is 1. The van der Waals surface area contributed by atoms with E-state index in [1.54, 1.807) is 7.11 Å². The van der Waals surface area contributed by atoms with Gasteiger partial charge in [0.15, 0.2) is 0 Å². The Morgan fingerprint density at radius 3 is 2.25 bits per heavy atom. The number of hydrogen-bond acceptors (Lipinski definition) is 3. The number of urea groups is 1. The van der Waals surface area contributed by atoms with E-state index in [0.717, 1.165) is 37.0 Å². The van der Waals surface area contributed by atoms with Crippen molar-refractivity contribution in [1.29, 1.82) is 0 Å². The minimum atomic E-state index is -0.325. The predicted molar refractivity (Wildman–Crippen MR) is 75.3 cm³/mol. The minimum absolute atomic E-state index is 0.0198. The molecule has 4 aliphatic carbocycles. The van der Waals surface area contributed by atoms with Crippen molar-refractivity contribution in [2.24, 2.45) is 17.8 Å². The molecule has 5 heteroatoms. The molecular formula is C15H26N2O3. The summed E-state index contributed by atoms with van der Waals surface area (Å²) in [5.74, 6) is 2.44. The van der Waals surface area contributed by atoms with Gasteiger partial charge in [0.25, 0.3) is 0 Å². The number of rotatable bonds is 5. The molecule has 0 saturated heterocycles. The first-order valence-corrected chi connectivity index (χ1v) is 7.81. The molecule has 4 fully saturated rings. The van der Waals surface area contributed by atoms with Crippen LogP contribution in [0.3, 0.4) is 0 Å². The Morgan fingerprint density at radius 1 is 1.25 bits per heavy atom. The lowest BCUT2D eigenvalue weighted by Crippen LogP contribution is -2.62. The molecule has 4 saturated carbocycles. The fourth-order valence-electron chi connectivity index (χ4n) is 5.07. The quantitative estimate of drug-likeness (QED) is 0.711. The van der Waals surface area contributed by atoms with Gasteiger partial charge in [-0.2, -0.15) is 0 Å². The van der Waals surface area contributed by atoms with E-state index in [9.17, 15) is 9.90 Å². The highest BCUT2D eigenvalue weighted by Gasteiger charge is 2.51. The summed E-state index contributed by atoms with van der Waals surface area (Å²) in [5.41, 5.74) is 0.0198. The molecule has 114 valence electrons. The SMILES string of the molecule is COCC(CO)NC(=O)NC12CC3CC(CC(C3)C1)C2. The first-order chi connectivity index (χ1) is 9.62. The Labute approximate surface area is 120 Å². The van der Waals surface area contributed by atoms with Crippen LogP contribution in [0.15, 0.2) is 0 Å². The van der Waals surface area contributed by atoms with Crippen LogP contribution in [0, 0.1) is 17.8 Å². The van der Waals surface area contributed by atoms with Gasteiger partial charge in [-0.05, 0) is 56.3 Å². The van der Waals surface area contributed by atoms with Crippen molar-refractivity contribution in [2.45, 2.75) is 50.1 Å². The van der Waals surface area contributed by atoms with Crippen molar-refractivity contribution in [3.8, 4) is 0 Å². The van der Waals surface area contributed by atoms with Gasteiger partial charge in [-0.1, -0.05) is 0 Å². The maximum absolute atomic E-state index is 12.2. The van der Waals surface area contributed by atoms with E-state index in [4.69, 9.17) is 4.74 Å². The smallest absolute Gasteiger partial charge is 0.315 e. The van der Waals surface area contributed by atoms with E-state index in [-0.39, 0.29) is 24.2 Å². The van der Waals surface area contributed by atoms with Crippen LogP contribution in [-0.4, -0.2) is 43.0 Å².